The fourth-order valence-corrected chi connectivity index (χ4v) is 13.9. The van der Waals surface area contributed by atoms with Gasteiger partial charge in [-0.2, -0.15) is 0 Å². The highest BCUT2D eigenvalue weighted by molar-refractivity contribution is 14.1. The van der Waals surface area contributed by atoms with Crippen molar-refractivity contribution < 1.29 is 57.5 Å². The topological polar surface area (TPSA) is 161 Å². The van der Waals surface area contributed by atoms with Crippen molar-refractivity contribution in [3.63, 3.8) is 0 Å². The highest BCUT2D eigenvalue weighted by atomic mass is 127. The molecule has 1 saturated heterocycles. The van der Waals surface area contributed by atoms with Crippen LogP contribution < -0.4 is 4.74 Å². The fraction of sp³-hybridized carbons (Fsp3) is 0.771. The molecule has 338 valence electrons. The van der Waals surface area contributed by atoms with Gasteiger partial charge in [-0.05, 0) is 160 Å². The third-order valence-electron chi connectivity index (χ3n) is 16.3. The van der Waals surface area contributed by atoms with Gasteiger partial charge in [-0.3, -0.25) is 14.4 Å². The Morgan fingerprint density at radius 3 is 2.16 bits per heavy atom. The van der Waals surface area contributed by atoms with Crippen LogP contribution in [-0.2, 0) is 54.3 Å². The predicted octanol–water partition coefficient (Wildman–Crippen LogP) is 8.21. The zero-order valence-corrected chi connectivity index (χ0v) is 40.2. The number of aliphatic hydroxyl groups is 1. The summed E-state index contributed by atoms with van der Waals surface area (Å²) in [6.45, 7) is 21.1. The van der Waals surface area contributed by atoms with Gasteiger partial charge in [0.15, 0.2) is 6.61 Å². The minimum atomic E-state index is -1.07. The van der Waals surface area contributed by atoms with E-state index in [2.05, 4.69) is 29.5 Å². The number of esters is 5. The number of halogens is 1. The molecular formula is C48H67IO12. The van der Waals surface area contributed by atoms with Crippen LogP contribution in [-0.4, -0.2) is 71.1 Å². The van der Waals surface area contributed by atoms with E-state index in [0.29, 0.717) is 48.8 Å². The van der Waals surface area contributed by atoms with Gasteiger partial charge in [0, 0.05) is 22.0 Å². The maximum atomic E-state index is 15.4. The van der Waals surface area contributed by atoms with Crippen molar-refractivity contribution in [1.82, 2.24) is 0 Å². The molecule has 1 N–H and O–H groups in total. The molecule has 12 nitrogen and oxygen atoms in total. The fourth-order valence-electron chi connectivity index (χ4n) is 13.1. The number of cyclic esters (lactones) is 1. The average molecular weight is 963 g/mol. The highest BCUT2D eigenvalue weighted by Crippen LogP contribution is 2.82. The Hall–Kier alpha value is -2.94. The van der Waals surface area contributed by atoms with Crippen molar-refractivity contribution in [3.05, 3.63) is 26.8 Å². The molecule has 0 aromatic heterocycles. The van der Waals surface area contributed by atoms with Gasteiger partial charge in [-0.25, -0.2) is 9.59 Å². The second-order valence-corrected chi connectivity index (χ2v) is 23.3. The van der Waals surface area contributed by atoms with E-state index >= 15 is 4.79 Å². The Morgan fingerprint density at radius 2 is 1.59 bits per heavy atom. The van der Waals surface area contributed by atoms with Gasteiger partial charge in [0.2, 0.25) is 6.10 Å². The molecule has 0 amide bonds. The number of rotatable bonds is 15. The lowest BCUT2D eigenvalue weighted by atomic mass is 9.52. The molecule has 6 saturated carbocycles. The molecule has 4 bridgehead atoms. The lowest BCUT2D eigenvalue weighted by molar-refractivity contribution is -0.226. The summed E-state index contributed by atoms with van der Waals surface area (Å²) in [4.78, 5) is 68.6. The molecule has 10 atom stereocenters. The van der Waals surface area contributed by atoms with Gasteiger partial charge >= 0.3 is 29.8 Å². The van der Waals surface area contributed by atoms with Crippen LogP contribution in [0.25, 0.3) is 0 Å². The molecule has 7 fully saturated rings. The largest absolute Gasteiger partial charge is 0.481 e. The SMILES string of the molecule is Cc1cc(I)cc(COC(=O)C(C(C)C)C(C)C2(C)CC2(C(=O)OC23CC4CC(CC(O)(C4)C2)C3)C(C)C2(C)CC2(C)C(=O)OC2CCOC2=O)c1OCC(=O)OC(C)(C)C. The number of carbonyl (C=O) groups excluding carboxylic acids is 5. The third-order valence-corrected chi connectivity index (χ3v) is 16.9. The molecule has 1 aromatic carbocycles. The zero-order chi connectivity index (χ0) is 44.9. The zero-order valence-electron chi connectivity index (χ0n) is 38.0. The minimum absolute atomic E-state index is 0.0861. The number of hydrogen-bond donors (Lipinski definition) is 1. The molecule has 7 aliphatic rings. The number of carbonyl (C=O) groups is 5. The molecule has 0 spiro atoms. The third kappa shape index (κ3) is 8.22. The van der Waals surface area contributed by atoms with Crippen molar-refractivity contribution in [3.8, 4) is 5.75 Å². The summed E-state index contributed by atoms with van der Waals surface area (Å²) in [6.07, 6.45) is 4.69. The molecule has 13 heteroatoms. The van der Waals surface area contributed by atoms with Crippen molar-refractivity contribution in [2.24, 2.45) is 57.2 Å². The van der Waals surface area contributed by atoms with Gasteiger partial charge in [0.25, 0.3) is 0 Å². The van der Waals surface area contributed by atoms with Gasteiger partial charge in [0.05, 0.1) is 29.0 Å². The van der Waals surface area contributed by atoms with Crippen LogP contribution in [0.5, 0.6) is 5.75 Å². The first-order valence-electron chi connectivity index (χ1n) is 22.3. The summed E-state index contributed by atoms with van der Waals surface area (Å²) in [6, 6.07) is 3.81. The lowest BCUT2D eigenvalue weighted by Gasteiger charge is -2.59. The Labute approximate surface area is 374 Å². The van der Waals surface area contributed by atoms with Crippen LogP contribution in [0, 0.1) is 67.7 Å². The second-order valence-electron chi connectivity index (χ2n) is 22.1. The van der Waals surface area contributed by atoms with Crippen LogP contribution in [0.4, 0.5) is 0 Å². The molecule has 1 aromatic rings. The van der Waals surface area contributed by atoms with E-state index in [0.717, 1.165) is 41.2 Å². The molecule has 1 aliphatic heterocycles. The maximum Gasteiger partial charge on any atom is 0.347 e. The quantitative estimate of drug-likeness (QED) is 0.102. The van der Waals surface area contributed by atoms with Gasteiger partial charge in [0.1, 0.15) is 23.6 Å². The van der Waals surface area contributed by atoms with Crippen molar-refractivity contribution in [2.45, 2.75) is 163 Å². The highest BCUT2D eigenvalue weighted by Gasteiger charge is 2.83. The summed E-state index contributed by atoms with van der Waals surface area (Å²) in [7, 11) is 0. The monoisotopic (exact) mass is 962 g/mol. The summed E-state index contributed by atoms with van der Waals surface area (Å²) < 4.78 is 36.2. The maximum absolute atomic E-state index is 15.4. The lowest BCUT2D eigenvalue weighted by Crippen LogP contribution is -2.61. The first kappa shape index (κ1) is 46.1. The number of ether oxygens (including phenoxy) is 6. The number of hydrogen-bond acceptors (Lipinski definition) is 12. The van der Waals surface area contributed by atoms with E-state index in [1.165, 1.54) is 0 Å². The molecule has 6 aliphatic carbocycles. The smallest absolute Gasteiger partial charge is 0.347 e. The van der Waals surface area contributed by atoms with Crippen LogP contribution in [0.15, 0.2) is 12.1 Å². The van der Waals surface area contributed by atoms with Crippen molar-refractivity contribution in [1.29, 1.82) is 0 Å². The summed E-state index contributed by atoms with van der Waals surface area (Å²) in [5.74, 6) is -2.70. The van der Waals surface area contributed by atoms with Crippen molar-refractivity contribution in [2.75, 3.05) is 13.2 Å². The van der Waals surface area contributed by atoms with Crippen LogP contribution in [0.1, 0.15) is 138 Å². The Kier molecular flexibility index (Phi) is 11.8. The van der Waals surface area contributed by atoms with Gasteiger partial charge in [-0.15, -0.1) is 0 Å². The summed E-state index contributed by atoms with van der Waals surface area (Å²) in [5, 5.41) is 11.6. The molecule has 10 unspecified atom stereocenters. The Morgan fingerprint density at radius 1 is 0.934 bits per heavy atom. The first-order chi connectivity index (χ1) is 28.2. The van der Waals surface area contributed by atoms with E-state index in [1.54, 1.807) is 20.8 Å². The van der Waals surface area contributed by atoms with E-state index in [1.807, 2.05) is 60.6 Å². The Bertz CT molecular complexity index is 1960. The normalized spacial score (nSPS) is 37.3. The van der Waals surface area contributed by atoms with Gasteiger partial charge < -0.3 is 33.5 Å². The molecular weight excluding hydrogens is 895 g/mol. The van der Waals surface area contributed by atoms with Crippen LogP contribution in [0.3, 0.4) is 0 Å². The number of benzene rings is 1. The van der Waals surface area contributed by atoms with Crippen LogP contribution >= 0.6 is 22.6 Å². The first-order valence-corrected chi connectivity index (χ1v) is 23.4. The standard InChI is InChI=1S/C48H67IO12/c1-26(2)36(39(52)58-21-32-16-33(49)14-27(3)37(32)57-22-35(50)60-42(6,7)8)28(4)43(9)24-48(43,41(54)61-47-19-30-15-31(20-47)18-46(55,17-30)25-47)29(5)44(10)23-45(44,11)40(53)59-34-12-13-56-38(34)51/h14,16,26,28-31,34,36,55H,12-13,15,17-25H2,1-11H3. The number of aryl methyl sites for hydroxylation is 1. The molecule has 61 heavy (non-hydrogen) atoms. The minimum Gasteiger partial charge on any atom is -0.481 e. The second kappa shape index (κ2) is 15.6. The van der Waals surface area contributed by atoms with Crippen molar-refractivity contribution >= 4 is 52.4 Å². The van der Waals surface area contributed by atoms with E-state index in [9.17, 15) is 24.3 Å². The van der Waals surface area contributed by atoms with Gasteiger partial charge in [-0.1, -0.05) is 41.5 Å². The average Bonchev–Trinajstić information content (AvgIpc) is 3.88. The molecule has 1 heterocycles. The Balaban J connectivity index is 1.15. The van der Waals surface area contributed by atoms with E-state index in [4.69, 9.17) is 28.4 Å². The molecule has 0 radical (unpaired) electrons. The van der Waals surface area contributed by atoms with E-state index in [-0.39, 0.29) is 43.5 Å². The van der Waals surface area contributed by atoms with E-state index < -0.39 is 74.4 Å². The van der Waals surface area contributed by atoms with Crippen LogP contribution in [0.2, 0.25) is 0 Å². The predicted molar refractivity (Wildman–Crippen MR) is 232 cm³/mol. The summed E-state index contributed by atoms with van der Waals surface area (Å²) in [5.41, 5.74) is -4.30. The molecule has 8 rings (SSSR count). The summed E-state index contributed by atoms with van der Waals surface area (Å²) >= 11 is 2.20.